The summed E-state index contributed by atoms with van der Waals surface area (Å²) >= 11 is 0. The van der Waals surface area contributed by atoms with Gasteiger partial charge < -0.3 is 9.30 Å². The smallest absolute Gasteiger partial charge is 0.255 e. The molecule has 5 nitrogen and oxygen atoms in total. The topological polar surface area (TPSA) is 50.5 Å². The normalized spacial score (nSPS) is 10.9. The second-order valence-electron chi connectivity index (χ2n) is 6.49. The van der Waals surface area contributed by atoms with E-state index in [0.29, 0.717) is 18.7 Å². The van der Waals surface area contributed by atoms with Gasteiger partial charge >= 0.3 is 0 Å². The molecule has 0 N–H and O–H groups in total. The molecule has 140 valence electrons. The van der Waals surface area contributed by atoms with Crippen LogP contribution in [0.15, 0.2) is 73.3 Å². The van der Waals surface area contributed by atoms with E-state index in [1.807, 2.05) is 35.7 Å². The van der Waals surface area contributed by atoms with Crippen molar-refractivity contribution in [3.8, 4) is 11.3 Å². The molecule has 3 aromatic heterocycles. The number of imidazole rings is 1. The van der Waals surface area contributed by atoms with E-state index in [-0.39, 0.29) is 11.7 Å². The van der Waals surface area contributed by atoms with Gasteiger partial charge in [-0.1, -0.05) is 0 Å². The lowest BCUT2D eigenvalue weighted by Gasteiger charge is -2.21. The zero-order valence-corrected chi connectivity index (χ0v) is 15.4. The molecule has 0 aliphatic rings. The molecule has 0 aliphatic heterocycles. The van der Waals surface area contributed by atoms with Gasteiger partial charge in [0.2, 0.25) is 0 Å². The number of aromatic nitrogens is 3. The summed E-state index contributed by atoms with van der Waals surface area (Å²) < 4.78 is 15.0. The fraction of sp³-hybridized carbons (Fsp3) is 0.136. The van der Waals surface area contributed by atoms with Crippen LogP contribution in [-0.4, -0.2) is 31.7 Å². The summed E-state index contributed by atoms with van der Waals surface area (Å²) in [5.74, 6) is -0.326. The lowest BCUT2D eigenvalue weighted by atomic mass is 10.2. The Labute approximate surface area is 162 Å². The molecule has 0 spiro atoms. The fourth-order valence-electron chi connectivity index (χ4n) is 3.10. The Balaban J connectivity index is 1.61. The molecule has 0 atom stereocenters. The first-order chi connectivity index (χ1) is 13.6. The Morgan fingerprint density at radius 3 is 2.50 bits per heavy atom. The lowest BCUT2D eigenvalue weighted by Crippen LogP contribution is -2.30. The number of amides is 1. The molecule has 4 aromatic rings. The highest BCUT2D eigenvalue weighted by Crippen LogP contribution is 2.20. The summed E-state index contributed by atoms with van der Waals surface area (Å²) in [6, 6.07) is 13.6. The van der Waals surface area contributed by atoms with Gasteiger partial charge in [0.05, 0.1) is 11.3 Å². The van der Waals surface area contributed by atoms with Crippen LogP contribution in [0, 0.1) is 5.82 Å². The van der Waals surface area contributed by atoms with E-state index in [4.69, 9.17) is 0 Å². The number of hydrogen-bond donors (Lipinski definition) is 0. The summed E-state index contributed by atoms with van der Waals surface area (Å²) in [7, 11) is 0. The molecule has 0 aliphatic carbocycles. The maximum atomic E-state index is 13.1. The number of pyridine rings is 2. The predicted molar refractivity (Wildman–Crippen MR) is 105 cm³/mol. The molecule has 0 radical (unpaired) electrons. The van der Waals surface area contributed by atoms with Crippen molar-refractivity contribution in [2.75, 3.05) is 6.54 Å². The zero-order valence-electron chi connectivity index (χ0n) is 15.4. The molecular weight excluding hydrogens is 355 g/mol. The monoisotopic (exact) mass is 374 g/mol. The molecule has 0 unspecified atom stereocenters. The number of halogens is 1. The Bertz CT molecular complexity index is 1110. The largest absolute Gasteiger partial charge is 0.335 e. The van der Waals surface area contributed by atoms with E-state index in [9.17, 15) is 9.18 Å². The number of nitrogens with zero attached hydrogens (tertiary/aromatic N) is 4. The average molecular weight is 374 g/mol. The van der Waals surface area contributed by atoms with Gasteiger partial charge in [0.1, 0.15) is 11.5 Å². The molecular formula is C22H19FN4O. The molecule has 0 saturated carbocycles. The van der Waals surface area contributed by atoms with Crippen molar-refractivity contribution < 1.29 is 9.18 Å². The summed E-state index contributed by atoms with van der Waals surface area (Å²) in [6.45, 7) is 3.09. The quantitative estimate of drug-likeness (QED) is 0.526. The number of benzene rings is 1. The molecule has 6 heteroatoms. The highest BCUT2D eigenvalue weighted by molar-refractivity contribution is 5.94. The summed E-state index contributed by atoms with van der Waals surface area (Å²) in [6.07, 6.45) is 7.08. The van der Waals surface area contributed by atoms with Crippen molar-refractivity contribution in [3.05, 3.63) is 90.3 Å². The van der Waals surface area contributed by atoms with Crippen molar-refractivity contribution in [1.29, 1.82) is 0 Å². The van der Waals surface area contributed by atoms with Crippen LogP contribution in [0.4, 0.5) is 4.39 Å². The van der Waals surface area contributed by atoms with E-state index < -0.39 is 0 Å². The Kier molecular flexibility index (Phi) is 4.85. The maximum Gasteiger partial charge on any atom is 0.255 e. The molecule has 3 heterocycles. The van der Waals surface area contributed by atoms with Crippen LogP contribution in [0.25, 0.3) is 16.9 Å². The molecule has 1 amide bonds. The minimum atomic E-state index is -0.283. The molecule has 4 rings (SSSR count). The third-order valence-corrected chi connectivity index (χ3v) is 4.63. The van der Waals surface area contributed by atoms with Crippen LogP contribution < -0.4 is 0 Å². The first-order valence-electron chi connectivity index (χ1n) is 9.07. The highest BCUT2D eigenvalue weighted by Gasteiger charge is 2.16. The summed E-state index contributed by atoms with van der Waals surface area (Å²) in [5, 5.41) is 0. The van der Waals surface area contributed by atoms with Crippen LogP contribution >= 0.6 is 0 Å². The number of rotatable bonds is 5. The van der Waals surface area contributed by atoms with Gasteiger partial charge in [-0.25, -0.2) is 9.37 Å². The Morgan fingerprint density at radius 1 is 1.04 bits per heavy atom. The Hall–Kier alpha value is -3.54. The standard InChI is InChI=1S/C22H19FN4O/c1-2-26(13-16-9-11-24-12-10-16)22(28)18-5-8-21-25-20(15-27(21)14-18)17-3-6-19(23)7-4-17/h3-12,14-15H,2,13H2,1H3. The SMILES string of the molecule is CCN(Cc1ccncc1)C(=O)c1ccc2nc(-c3ccc(F)cc3)cn2c1. The van der Waals surface area contributed by atoms with Crippen molar-refractivity contribution in [2.45, 2.75) is 13.5 Å². The van der Waals surface area contributed by atoms with Gasteiger partial charge in [-0.15, -0.1) is 0 Å². The zero-order chi connectivity index (χ0) is 19.5. The summed E-state index contributed by atoms with van der Waals surface area (Å²) in [4.78, 5) is 23.3. The van der Waals surface area contributed by atoms with Crippen molar-refractivity contribution in [2.24, 2.45) is 0 Å². The van der Waals surface area contributed by atoms with Crippen LogP contribution in [0.3, 0.4) is 0 Å². The maximum absolute atomic E-state index is 13.1. The van der Waals surface area contributed by atoms with Gasteiger partial charge in [-0.2, -0.15) is 0 Å². The summed E-state index contributed by atoms with van der Waals surface area (Å²) in [5.41, 5.74) is 3.91. The fourth-order valence-corrected chi connectivity index (χ4v) is 3.10. The highest BCUT2D eigenvalue weighted by atomic mass is 19.1. The van der Waals surface area contributed by atoms with Gasteiger partial charge in [0, 0.05) is 43.4 Å². The van der Waals surface area contributed by atoms with Crippen molar-refractivity contribution >= 4 is 11.6 Å². The molecule has 1 aromatic carbocycles. The lowest BCUT2D eigenvalue weighted by molar-refractivity contribution is 0.0752. The molecule has 0 fully saturated rings. The molecule has 28 heavy (non-hydrogen) atoms. The number of fused-ring (bicyclic) bond motifs is 1. The van der Waals surface area contributed by atoms with Crippen LogP contribution in [0.5, 0.6) is 0 Å². The van der Waals surface area contributed by atoms with Crippen molar-refractivity contribution in [1.82, 2.24) is 19.3 Å². The van der Waals surface area contributed by atoms with Gasteiger partial charge in [-0.05, 0) is 61.0 Å². The predicted octanol–water partition coefficient (Wildman–Crippen LogP) is 4.20. The number of hydrogen-bond acceptors (Lipinski definition) is 3. The van der Waals surface area contributed by atoms with Crippen LogP contribution in [0.1, 0.15) is 22.8 Å². The van der Waals surface area contributed by atoms with Crippen molar-refractivity contribution in [3.63, 3.8) is 0 Å². The van der Waals surface area contributed by atoms with Gasteiger partial charge in [-0.3, -0.25) is 9.78 Å². The number of carbonyl (C=O) groups is 1. The van der Waals surface area contributed by atoms with E-state index >= 15 is 0 Å². The third kappa shape index (κ3) is 3.62. The molecule has 0 bridgehead atoms. The van der Waals surface area contributed by atoms with Crippen LogP contribution in [0.2, 0.25) is 0 Å². The van der Waals surface area contributed by atoms with E-state index in [1.165, 1.54) is 12.1 Å². The van der Waals surface area contributed by atoms with Crippen LogP contribution in [-0.2, 0) is 6.54 Å². The third-order valence-electron chi connectivity index (χ3n) is 4.63. The first-order valence-corrected chi connectivity index (χ1v) is 9.07. The Morgan fingerprint density at radius 2 is 1.79 bits per heavy atom. The minimum Gasteiger partial charge on any atom is -0.335 e. The molecule has 0 saturated heterocycles. The van der Waals surface area contributed by atoms with E-state index in [0.717, 1.165) is 22.5 Å². The first kappa shape index (κ1) is 17.9. The van der Waals surface area contributed by atoms with Gasteiger partial charge in [0.25, 0.3) is 5.91 Å². The van der Waals surface area contributed by atoms with Gasteiger partial charge in [0.15, 0.2) is 0 Å². The minimum absolute atomic E-state index is 0.0433. The number of carbonyl (C=O) groups excluding carboxylic acids is 1. The van der Waals surface area contributed by atoms with E-state index in [1.54, 1.807) is 41.7 Å². The van der Waals surface area contributed by atoms with E-state index in [2.05, 4.69) is 9.97 Å². The average Bonchev–Trinajstić information content (AvgIpc) is 3.16. The second-order valence-corrected chi connectivity index (χ2v) is 6.49. The second kappa shape index (κ2) is 7.60.